The van der Waals surface area contributed by atoms with Gasteiger partial charge in [0.2, 0.25) is 0 Å². The van der Waals surface area contributed by atoms with Crippen molar-refractivity contribution in [2.24, 2.45) is 5.92 Å². The normalized spacial score (nSPS) is 30.9. The molecule has 1 aromatic carbocycles. The molecule has 1 saturated heterocycles. The molecule has 0 spiro atoms. The van der Waals surface area contributed by atoms with Crippen LogP contribution in [0.5, 0.6) is 0 Å². The monoisotopic (exact) mass is 257 g/mol. The summed E-state index contributed by atoms with van der Waals surface area (Å²) in [7, 11) is 0. The molecule has 1 fully saturated rings. The van der Waals surface area contributed by atoms with Crippen LogP contribution in [0.15, 0.2) is 24.3 Å². The Balaban J connectivity index is 1.67. The zero-order chi connectivity index (χ0) is 13.1. The van der Waals surface area contributed by atoms with Gasteiger partial charge < -0.3 is 5.32 Å². The first kappa shape index (κ1) is 13.2. The molecule has 19 heavy (non-hydrogen) atoms. The Bertz CT molecular complexity index is 412. The third kappa shape index (κ3) is 3.02. The van der Waals surface area contributed by atoms with Crippen molar-refractivity contribution < 1.29 is 0 Å². The molecule has 1 nitrogen and oxygen atoms in total. The van der Waals surface area contributed by atoms with Gasteiger partial charge in [-0.25, -0.2) is 0 Å². The molecular formula is C18H27N. The fraction of sp³-hybridized carbons (Fsp3) is 0.667. The van der Waals surface area contributed by atoms with Crippen LogP contribution >= 0.6 is 0 Å². The Morgan fingerprint density at radius 3 is 3.00 bits per heavy atom. The van der Waals surface area contributed by atoms with Crippen LogP contribution in [-0.4, -0.2) is 12.6 Å². The Morgan fingerprint density at radius 2 is 2.11 bits per heavy atom. The van der Waals surface area contributed by atoms with Crippen LogP contribution in [0.25, 0.3) is 0 Å². The summed E-state index contributed by atoms with van der Waals surface area (Å²) in [4.78, 5) is 0. The van der Waals surface area contributed by atoms with E-state index in [0.29, 0.717) is 0 Å². The van der Waals surface area contributed by atoms with Gasteiger partial charge in [0, 0.05) is 6.04 Å². The zero-order valence-electron chi connectivity index (χ0n) is 12.2. The summed E-state index contributed by atoms with van der Waals surface area (Å²) in [6, 6.07) is 9.90. The molecule has 0 amide bonds. The molecule has 0 aromatic heterocycles. The van der Waals surface area contributed by atoms with E-state index in [2.05, 4.69) is 36.5 Å². The predicted molar refractivity (Wildman–Crippen MR) is 81.5 cm³/mol. The molecule has 2 aliphatic rings. The minimum absolute atomic E-state index is 0.759. The number of fused-ring (bicyclic) bond motifs is 1. The van der Waals surface area contributed by atoms with E-state index in [0.717, 1.165) is 17.9 Å². The minimum Gasteiger partial charge on any atom is -0.314 e. The second-order valence-electron chi connectivity index (χ2n) is 6.47. The summed E-state index contributed by atoms with van der Waals surface area (Å²) in [5, 5.41) is 3.76. The molecule has 3 rings (SSSR count). The smallest absolute Gasteiger partial charge is 0.00755 e. The molecule has 1 aromatic rings. The Morgan fingerprint density at radius 1 is 1.21 bits per heavy atom. The zero-order valence-corrected chi connectivity index (χ0v) is 12.2. The van der Waals surface area contributed by atoms with E-state index in [1.165, 1.54) is 51.5 Å². The lowest BCUT2D eigenvalue weighted by Crippen LogP contribution is -2.39. The van der Waals surface area contributed by atoms with Crippen molar-refractivity contribution in [3.8, 4) is 0 Å². The van der Waals surface area contributed by atoms with Gasteiger partial charge in [0.15, 0.2) is 0 Å². The Hall–Kier alpha value is -0.820. The summed E-state index contributed by atoms with van der Waals surface area (Å²) in [6.07, 6.45) is 9.57. The van der Waals surface area contributed by atoms with E-state index < -0.39 is 0 Å². The van der Waals surface area contributed by atoms with Gasteiger partial charge in [-0.15, -0.1) is 0 Å². The molecule has 0 bridgehead atoms. The second kappa shape index (κ2) is 6.09. The van der Waals surface area contributed by atoms with E-state index in [1.807, 2.05) is 0 Å². The minimum atomic E-state index is 0.759. The molecule has 3 atom stereocenters. The van der Waals surface area contributed by atoms with Gasteiger partial charge in [0.25, 0.3) is 0 Å². The summed E-state index contributed by atoms with van der Waals surface area (Å²) in [5.41, 5.74) is 3.26. The molecule has 1 heteroatoms. The average Bonchev–Trinajstić information content (AvgIpc) is 2.48. The number of aryl methyl sites for hydroxylation is 1. The van der Waals surface area contributed by atoms with E-state index in [-0.39, 0.29) is 0 Å². The third-order valence-corrected chi connectivity index (χ3v) is 5.24. The topological polar surface area (TPSA) is 12.0 Å². The van der Waals surface area contributed by atoms with Crippen LogP contribution in [0.4, 0.5) is 0 Å². The number of hydrogen-bond acceptors (Lipinski definition) is 1. The van der Waals surface area contributed by atoms with Crippen LogP contribution in [0, 0.1) is 5.92 Å². The van der Waals surface area contributed by atoms with Gasteiger partial charge in [0.1, 0.15) is 0 Å². The first-order valence-corrected chi connectivity index (χ1v) is 8.18. The van der Waals surface area contributed by atoms with Crippen molar-refractivity contribution in [3.05, 3.63) is 35.4 Å². The molecule has 1 aliphatic carbocycles. The second-order valence-corrected chi connectivity index (χ2v) is 6.47. The molecule has 3 unspecified atom stereocenters. The molecule has 1 N–H and O–H groups in total. The lowest BCUT2D eigenvalue weighted by molar-refractivity contribution is 0.269. The summed E-state index contributed by atoms with van der Waals surface area (Å²) < 4.78 is 0. The highest BCUT2D eigenvalue weighted by Crippen LogP contribution is 2.36. The number of hydrogen-bond donors (Lipinski definition) is 1. The lowest BCUT2D eigenvalue weighted by Gasteiger charge is -2.34. The lowest BCUT2D eigenvalue weighted by atomic mass is 9.77. The van der Waals surface area contributed by atoms with Crippen molar-refractivity contribution in [1.82, 2.24) is 5.32 Å². The summed E-state index contributed by atoms with van der Waals surface area (Å²) in [6.45, 7) is 3.58. The maximum Gasteiger partial charge on any atom is 0.00755 e. The van der Waals surface area contributed by atoms with Crippen LogP contribution in [0.1, 0.15) is 62.5 Å². The predicted octanol–water partition coefficient (Wildman–Crippen LogP) is 4.27. The van der Waals surface area contributed by atoms with Crippen molar-refractivity contribution in [2.45, 2.75) is 63.8 Å². The van der Waals surface area contributed by atoms with Gasteiger partial charge >= 0.3 is 0 Å². The molecular weight excluding hydrogens is 230 g/mol. The van der Waals surface area contributed by atoms with Gasteiger partial charge in [-0.05, 0) is 68.0 Å². The van der Waals surface area contributed by atoms with Crippen molar-refractivity contribution in [1.29, 1.82) is 0 Å². The number of nitrogens with one attached hydrogen (secondary N) is 1. The maximum absolute atomic E-state index is 3.76. The number of benzene rings is 1. The van der Waals surface area contributed by atoms with Gasteiger partial charge in [-0.2, -0.15) is 0 Å². The number of rotatable bonds is 3. The molecule has 0 saturated carbocycles. The van der Waals surface area contributed by atoms with E-state index >= 15 is 0 Å². The van der Waals surface area contributed by atoms with E-state index in [4.69, 9.17) is 0 Å². The first-order valence-electron chi connectivity index (χ1n) is 8.18. The van der Waals surface area contributed by atoms with Crippen molar-refractivity contribution in [3.63, 3.8) is 0 Å². The maximum atomic E-state index is 3.76. The Kier molecular flexibility index (Phi) is 4.22. The quantitative estimate of drug-likeness (QED) is 0.852. The third-order valence-electron chi connectivity index (χ3n) is 5.24. The molecule has 1 aliphatic heterocycles. The standard InChI is InChI=1S/C18H27N/c1-2-14-10-11-19-17(12-14)13-16-8-5-7-15-6-3-4-9-18(15)16/h3-4,6,9,14,16-17,19H,2,5,7-8,10-13H2,1H3. The van der Waals surface area contributed by atoms with E-state index in [1.54, 1.807) is 11.1 Å². The molecule has 104 valence electrons. The van der Waals surface area contributed by atoms with Gasteiger partial charge in [0.05, 0.1) is 0 Å². The van der Waals surface area contributed by atoms with Crippen molar-refractivity contribution >= 4 is 0 Å². The van der Waals surface area contributed by atoms with Crippen molar-refractivity contribution in [2.75, 3.05) is 6.54 Å². The first-order chi connectivity index (χ1) is 9.36. The van der Waals surface area contributed by atoms with E-state index in [9.17, 15) is 0 Å². The highest BCUT2D eigenvalue weighted by Gasteiger charge is 2.26. The largest absolute Gasteiger partial charge is 0.314 e. The van der Waals surface area contributed by atoms with Gasteiger partial charge in [-0.1, -0.05) is 37.6 Å². The van der Waals surface area contributed by atoms with Crippen LogP contribution in [0.3, 0.4) is 0 Å². The Labute approximate surface area is 117 Å². The average molecular weight is 257 g/mol. The van der Waals surface area contributed by atoms with Crippen LogP contribution < -0.4 is 5.32 Å². The summed E-state index contributed by atoms with van der Waals surface area (Å²) >= 11 is 0. The highest BCUT2D eigenvalue weighted by molar-refractivity contribution is 5.32. The van der Waals surface area contributed by atoms with Crippen LogP contribution in [0.2, 0.25) is 0 Å². The SMILES string of the molecule is CCC1CCNC(CC2CCCc3ccccc32)C1. The fourth-order valence-corrected chi connectivity index (χ4v) is 4.09. The number of piperidine rings is 1. The summed E-state index contributed by atoms with van der Waals surface area (Å²) in [5.74, 6) is 1.77. The fourth-order valence-electron chi connectivity index (χ4n) is 4.09. The van der Waals surface area contributed by atoms with Gasteiger partial charge in [-0.3, -0.25) is 0 Å². The molecule has 0 radical (unpaired) electrons. The highest BCUT2D eigenvalue weighted by atomic mass is 14.9. The van der Waals surface area contributed by atoms with Crippen LogP contribution in [-0.2, 0) is 6.42 Å². The molecule has 1 heterocycles.